The van der Waals surface area contributed by atoms with E-state index in [4.69, 9.17) is 0 Å². The van der Waals surface area contributed by atoms with Crippen molar-refractivity contribution in [3.8, 4) is 0 Å². The van der Waals surface area contributed by atoms with E-state index in [1.54, 1.807) is 0 Å². The van der Waals surface area contributed by atoms with Crippen molar-refractivity contribution in [3.63, 3.8) is 0 Å². The maximum absolute atomic E-state index is 10.7. The minimum absolute atomic E-state index is 0.0286. The van der Waals surface area contributed by atoms with Crippen molar-refractivity contribution in [3.05, 3.63) is 36.0 Å². The molecule has 4 heteroatoms. The molecule has 0 radical (unpaired) electrons. The van der Waals surface area contributed by atoms with Crippen molar-refractivity contribution in [2.75, 3.05) is 6.54 Å². The summed E-state index contributed by atoms with van der Waals surface area (Å²) in [4.78, 5) is 10.7. The number of para-hydroxylation sites is 1. The normalized spacial score (nSPS) is 11.1. The third kappa shape index (κ3) is 2.28. The van der Waals surface area contributed by atoms with Crippen LogP contribution in [0.25, 0.3) is 17.0 Å². The first kappa shape index (κ1) is 10.4. The van der Waals surface area contributed by atoms with Gasteiger partial charge in [0.1, 0.15) is 0 Å². The lowest BCUT2D eigenvalue weighted by molar-refractivity contribution is -0.118. The van der Waals surface area contributed by atoms with E-state index in [2.05, 4.69) is 15.5 Å². The van der Waals surface area contributed by atoms with Crippen molar-refractivity contribution in [2.45, 2.75) is 6.92 Å². The summed E-state index contributed by atoms with van der Waals surface area (Å²) in [5.41, 5.74) is 1.91. The standard InChI is InChI=1S/C12H13N3O/c1-9(16)13-8-4-7-12-10-5-2-3-6-11(10)14-15-12/h2-7H,8H2,1H3,(H,13,16)(H,14,15). The Bertz CT molecular complexity index is 528. The number of hydrogen-bond donors (Lipinski definition) is 2. The molecule has 4 nitrogen and oxygen atoms in total. The molecule has 2 aromatic rings. The highest BCUT2D eigenvalue weighted by molar-refractivity contribution is 5.86. The molecule has 0 spiro atoms. The van der Waals surface area contributed by atoms with E-state index < -0.39 is 0 Å². The molecule has 16 heavy (non-hydrogen) atoms. The summed E-state index contributed by atoms with van der Waals surface area (Å²) < 4.78 is 0. The van der Waals surface area contributed by atoms with Gasteiger partial charge in [-0.3, -0.25) is 9.89 Å². The van der Waals surface area contributed by atoms with Gasteiger partial charge in [-0.2, -0.15) is 5.10 Å². The van der Waals surface area contributed by atoms with Gasteiger partial charge in [0, 0.05) is 18.9 Å². The van der Waals surface area contributed by atoms with Gasteiger partial charge in [0.2, 0.25) is 5.91 Å². The van der Waals surface area contributed by atoms with Gasteiger partial charge in [-0.1, -0.05) is 24.3 Å². The third-order valence-corrected chi connectivity index (χ3v) is 2.24. The van der Waals surface area contributed by atoms with Crippen molar-refractivity contribution < 1.29 is 4.79 Å². The highest BCUT2D eigenvalue weighted by Crippen LogP contribution is 2.15. The number of aromatic nitrogens is 2. The first-order chi connectivity index (χ1) is 7.77. The zero-order valence-corrected chi connectivity index (χ0v) is 9.03. The number of hydrogen-bond acceptors (Lipinski definition) is 2. The number of nitrogens with one attached hydrogen (secondary N) is 2. The maximum atomic E-state index is 10.7. The minimum Gasteiger partial charge on any atom is -0.353 e. The SMILES string of the molecule is CC(=O)NCC=Cc1[nH]nc2ccccc12. The number of nitrogens with zero attached hydrogens (tertiary/aromatic N) is 1. The molecule has 0 atom stereocenters. The number of fused-ring (bicyclic) bond motifs is 1. The third-order valence-electron chi connectivity index (χ3n) is 2.24. The van der Waals surface area contributed by atoms with Crippen LogP contribution in [0.5, 0.6) is 0 Å². The van der Waals surface area contributed by atoms with Crippen molar-refractivity contribution in [1.29, 1.82) is 0 Å². The van der Waals surface area contributed by atoms with E-state index in [1.807, 2.05) is 36.4 Å². The average Bonchev–Trinajstić information content (AvgIpc) is 2.68. The zero-order valence-electron chi connectivity index (χ0n) is 9.03. The van der Waals surface area contributed by atoms with Gasteiger partial charge in [0.25, 0.3) is 0 Å². The molecule has 1 amide bonds. The van der Waals surface area contributed by atoms with E-state index in [0.29, 0.717) is 6.54 Å². The molecule has 0 saturated heterocycles. The Balaban J connectivity index is 2.12. The molecule has 1 aromatic heterocycles. The minimum atomic E-state index is -0.0286. The summed E-state index contributed by atoms with van der Waals surface area (Å²) in [7, 11) is 0. The number of rotatable bonds is 3. The average molecular weight is 215 g/mol. The quantitative estimate of drug-likeness (QED) is 0.818. The summed E-state index contributed by atoms with van der Waals surface area (Å²) in [6.07, 6.45) is 3.81. The molecular formula is C12H13N3O. The van der Waals surface area contributed by atoms with E-state index in [-0.39, 0.29) is 5.91 Å². The Morgan fingerprint density at radius 2 is 2.31 bits per heavy atom. The van der Waals surface area contributed by atoms with Crippen molar-refractivity contribution in [1.82, 2.24) is 15.5 Å². The van der Waals surface area contributed by atoms with Crippen LogP contribution in [0.2, 0.25) is 0 Å². The fraction of sp³-hybridized carbons (Fsp3) is 0.167. The summed E-state index contributed by atoms with van der Waals surface area (Å²) in [6, 6.07) is 7.89. The van der Waals surface area contributed by atoms with Gasteiger partial charge in [-0.05, 0) is 12.1 Å². The number of amides is 1. The number of H-pyrrole nitrogens is 1. The Kier molecular flexibility index (Phi) is 3.00. The molecule has 0 aliphatic carbocycles. The predicted octanol–water partition coefficient (Wildman–Crippen LogP) is 1.71. The molecule has 82 valence electrons. The van der Waals surface area contributed by atoms with Crippen LogP contribution in [0.4, 0.5) is 0 Å². The summed E-state index contributed by atoms with van der Waals surface area (Å²) >= 11 is 0. The molecule has 0 aliphatic rings. The largest absolute Gasteiger partial charge is 0.353 e. The van der Waals surface area contributed by atoms with Crippen LogP contribution in [-0.2, 0) is 4.79 Å². The zero-order chi connectivity index (χ0) is 11.4. The number of benzene rings is 1. The molecule has 0 aliphatic heterocycles. The van der Waals surface area contributed by atoms with Crippen LogP contribution in [0.15, 0.2) is 30.3 Å². The molecule has 0 bridgehead atoms. The smallest absolute Gasteiger partial charge is 0.217 e. The monoisotopic (exact) mass is 215 g/mol. The van der Waals surface area contributed by atoms with Crippen molar-refractivity contribution in [2.24, 2.45) is 0 Å². The highest BCUT2D eigenvalue weighted by Gasteiger charge is 1.99. The molecular weight excluding hydrogens is 202 g/mol. The second kappa shape index (κ2) is 4.61. The highest BCUT2D eigenvalue weighted by atomic mass is 16.1. The Labute approximate surface area is 93.4 Å². The van der Waals surface area contributed by atoms with Gasteiger partial charge in [-0.15, -0.1) is 0 Å². The second-order valence-electron chi connectivity index (χ2n) is 3.49. The maximum Gasteiger partial charge on any atom is 0.217 e. The van der Waals surface area contributed by atoms with Gasteiger partial charge in [0.15, 0.2) is 0 Å². The second-order valence-corrected chi connectivity index (χ2v) is 3.49. The summed E-state index contributed by atoms with van der Waals surface area (Å²) in [6.45, 7) is 2.03. The van der Waals surface area contributed by atoms with E-state index in [1.165, 1.54) is 6.92 Å². The van der Waals surface area contributed by atoms with Crippen LogP contribution in [0.1, 0.15) is 12.6 Å². The van der Waals surface area contributed by atoms with E-state index >= 15 is 0 Å². The number of aromatic amines is 1. The molecule has 1 heterocycles. The summed E-state index contributed by atoms with van der Waals surface area (Å²) in [5, 5.41) is 10.9. The van der Waals surface area contributed by atoms with Crippen LogP contribution in [-0.4, -0.2) is 22.6 Å². The first-order valence-corrected chi connectivity index (χ1v) is 5.11. The predicted molar refractivity (Wildman–Crippen MR) is 63.8 cm³/mol. The van der Waals surface area contributed by atoms with Crippen molar-refractivity contribution >= 4 is 22.9 Å². The van der Waals surface area contributed by atoms with Gasteiger partial charge < -0.3 is 5.32 Å². The molecule has 1 aromatic carbocycles. The molecule has 0 unspecified atom stereocenters. The molecule has 0 saturated carbocycles. The fourth-order valence-electron chi connectivity index (χ4n) is 1.49. The lowest BCUT2D eigenvalue weighted by Crippen LogP contribution is -2.19. The lowest BCUT2D eigenvalue weighted by Gasteiger charge is -1.94. The molecule has 2 rings (SSSR count). The van der Waals surface area contributed by atoms with Gasteiger partial charge >= 0.3 is 0 Å². The fourth-order valence-corrected chi connectivity index (χ4v) is 1.49. The Morgan fingerprint density at radius 1 is 1.50 bits per heavy atom. The van der Waals surface area contributed by atoms with Crippen LogP contribution in [0, 0.1) is 0 Å². The van der Waals surface area contributed by atoms with Crippen LogP contribution < -0.4 is 5.32 Å². The number of carbonyl (C=O) groups excluding carboxylic acids is 1. The van der Waals surface area contributed by atoms with E-state index in [9.17, 15) is 4.79 Å². The lowest BCUT2D eigenvalue weighted by atomic mass is 10.2. The van der Waals surface area contributed by atoms with E-state index in [0.717, 1.165) is 16.6 Å². The summed E-state index contributed by atoms with van der Waals surface area (Å²) in [5.74, 6) is -0.0286. The molecule has 0 fully saturated rings. The van der Waals surface area contributed by atoms with Crippen LogP contribution in [0.3, 0.4) is 0 Å². The Morgan fingerprint density at radius 3 is 3.12 bits per heavy atom. The van der Waals surface area contributed by atoms with Crippen LogP contribution >= 0.6 is 0 Å². The number of carbonyl (C=O) groups is 1. The van der Waals surface area contributed by atoms with Gasteiger partial charge in [-0.25, -0.2) is 0 Å². The Hall–Kier alpha value is -2.10. The van der Waals surface area contributed by atoms with Gasteiger partial charge in [0.05, 0.1) is 11.2 Å². The molecule has 2 N–H and O–H groups in total. The topological polar surface area (TPSA) is 57.8 Å². The first-order valence-electron chi connectivity index (χ1n) is 5.11.